The molecule has 0 aliphatic carbocycles. The summed E-state index contributed by atoms with van der Waals surface area (Å²) in [4.78, 5) is 12.2. The fourth-order valence-corrected chi connectivity index (χ4v) is 1.56. The minimum atomic E-state index is -0.000297. The van der Waals surface area contributed by atoms with Gasteiger partial charge in [0.05, 0.1) is 26.4 Å². The second kappa shape index (κ2) is 8.57. The molecule has 100 valence electrons. The van der Waals surface area contributed by atoms with Crippen LogP contribution in [0.2, 0.25) is 0 Å². The smallest absolute Gasteiger partial charge is 0.108 e. The van der Waals surface area contributed by atoms with Crippen LogP contribution in [0.4, 0.5) is 11.4 Å². The zero-order valence-electron chi connectivity index (χ0n) is 10.2. The van der Waals surface area contributed by atoms with Crippen molar-refractivity contribution in [2.75, 3.05) is 44.4 Å². The van der Waals surface area contributed by atoms with Crippen LogP contribution >= 0.6 is 0 Å². The number of benzene rings is 1. The van der Waals surface area contributed by atoms with Crippen molar-refractivity contribution < 1.29 is 14.9 Å². The number of ether oxygens (including phenoxy) is 1. The predicted molar refractivity (Wildman–Crippen MR) is 69.1 cm³/mol. The second-order valence-corrected chi connectivity index (χ2v) is 3.65. The topological polar surface area (TPSA) is 82.4 Å². The SMILES string of the molecule is O=Nc1ccc(N(CCO)CCOCCO)cc1. The van der Waals surface area contributed by atoms with Crippen LogP contribution in [-0.4, -0.2) is 49.7 Å². The van der Waals surface area contributed by atoms with E-state index in [9.17, 15) is 4.91 Å². The Balaban J connectivity index is 2.55. The lowest BCUT2D eigenvalue weighted by atomic mass is 10.2. The third kappa shape index (κ3) is 4.79. The Labute approximate surface area is 106 Å². The van der Waals surface area contributed by atoms with Gasteiger partial charge in [-0.05, 0) is 29.4 Å². The van der Waals surface area contributed by atoms with Crippen LogP contribution < -0.4 is 4.90 Å². The van der Waals surface area contributed by atoms with Crippen LogP contribution in [-0.2, 0) is 4.74 Å². The van der Waals surface area contributed by atoms with E-state index in [1.54, 1.807) is 24.3 Å². The molecule has 0 fully saturated rings. The predicted octanol–water partition coefficient (Wildman–Crippen LogP) is 0.892. The number of hydrogen-bond donors (Lipinski definition) is 2. The Hall–Kier alpha value is -1.50. The lowest BCUT2D eigenvalue weighted by molar-refractivity contribution is 0.0962. The third-order valence-corrected chi connectivity index (χ3v) is 2.43. The summed E-state index contributed by atoms with van der Waals surface area (Å²) >= 11 is 0. The molecule has 18 heavy (non-hydrogen) atoms. The van der Waals surface area contributed by atoms with Crippen LogP contribution in [0.25, 0.3) is 0 Å². The number of hydrogen-bond acceptors (Lipinski definition) is 6. The standard InChI is InChI=1S/C12H18N2O4/c15-7-5-14(6-9-18-10-8-16)12-3-1-11(13-17)2-4-12/h1-4,15-16H,5-10H2. The highest BCUT2D eigenvalue weighted by atomic mass is 16.5. The minimum Gasteiger partial charge on any atom is -0.395 e. The van der Waals surface area contributed by atoms with Crippen LogP contribution in [0.15, 0.2) is 29.4 Å². The number of anilines is 1. The molecule has 0 aliphatic heterocycles. The van der Waals surface area contributed by atoms with Crippen molar-refractivity contribution in [2.24, 2.45) is 5.18 Å². The molecule has 0 bridgehead atoms. The molecule has 6 heteroatoms. The molecular weight excluding hydrogens is 236 g/mol. The number of aliphatic hydroxyl groups is 2. The summed E-state index contributed by atoms with van der Waals surface area (Å²) in [5.74, 6) is 0. The van der Waals surface area contributed by atoms with E-state index in [0.29, 0.717) is 32.0 Å². The molecular formula is C12H18N2O4. The summed E-state index contributed by atoms with van der Waals surface area (Å²) in [6.45, 7) is 1.90. The molecule has 0 spiro atoms. The summed E-state index contributed by atoms with van der Waals surface area (Å²) in [6, 6.07) is 6.81. The summed E-state index contributed by atoms with van der Waals surface area (Å²) in [5, 5.41) is 20.4. The van der Waals surface area contributed by atoms with Gasteiger partial charge < -0.3 is 19.8 Å². The van der Waals surface area contributed by atoms with Gasteiger partial charge in [0, 0.05) is 18.8 Å². The van der Waals surface area contributed by atoms with Gasteiger partial charge in [0.1, 0.15) is 5.69 Å². The van der Waals surface area contributed by atoms with Gasteiger partial charge in [0.15, 0.2) is 0 Å². The number of nitrogens with zero attached hydrogens (tertiary/aromatic N) is 2. The maximum atomic E-state index is 10.3. The molecule has 1 aromatic carbocycles. The number of nitroso groups, excluding NO2 is 1. The molecule has 0 amide bonds. The molecule has 0 aliphatic rings. The lowest BCUT2D eigenvalue weighted by Gasteiger charge is -2.23. The first-order valence-corrected chi connectivity index (χ1v) is 5.79. The van der Waals surface area contributed by atoms with Crippen LogP contribution in [0.1, 0.15) is 0 Å². The Morgan fingerprint density at radius 2 is 1.78 bits per heavy atom. The summed E-state index contributed by atoms with van der Waals surface area (Å²) in [5.41, 5.74) is 1.27. The van der Waals surface area contributed by atoms with Crippen molar-refractivity contribution in [1.29, 1.82) is 0 Å². The largest absolute Gasteiger partial charge is 0.395 e. The summed E-state index contributed by atoms with van der Waals surface area (Å²) in [7, 11) is 0. The quantitative estimate of drug-likeness (QED) is 0.505. The zero-order chi connectivity index (χ0) is 13.2. The van der Waals surface area contributed by atoms with Crippen LogP contribution in [0, 0.1) is 4.91 Å². The van der Waals surface area contributed by atoms with E-state index in [0.717, 1.165) is 5.69 Å². The molecule has 0 atom stereocenters. The first-order valence-electron chi connectivity index (χ1n) is 5.79. The molecule has 1 aromatic rings. The fraction of sp³-hybridized carbons (Fsp3) is 0.500. The van der Waals surface area contributed by atoms with Crippen molar-refractivity contribution in [2.45, 2.75) is 0 Å². The number of rotatable bonds is 9. The van der Waals surface area contributed by atoms with E-state index in [1.807, 2.05) is 4.90 Å². The third-order valence-electron chi connectivity index (χ3n) is 2.43. The van der Waals surface area contributed by atoms with Gasteiger partial charge >= 0.3 is 0 Å². The highest BCUT2D eigenvalue weighted by Crippen LogP contribution is 2.19. The van der Waals surface area contributed by atoms with E-state index in [2.05, 4.69) is 5.18 Å². The molecule has 0 unspecified atom stereocenters. The summed E-state index contributed by atoms with van der Waals surface area (Å²) < 4.78 is 5.18. The van der Waals surface area contributed by atoms with Gasteiger partial charge in [-0.25, -0.2) is 0 Å². The molecule has 0 heterocycles. The zero-order valence-corrected chi connectivity index (χ0v) is 10.2. The molecule has 0 saturated carbocycles. The minimum absolute atomic E-state index is 0.000297. The Bertz CT molecular complexity index is 342. The van der Waals surface area contributed by atoms with E-state index in [-0.39, 0.29) is 13.2 Å². The lowest BCUT2D eigenvalue weighted by Crippen LogP contribution is -2.30. The Kier molecular flexibility index (Phi) is 6.93. The van der Waals surface area contributed by atoms with Crippen molar-refractivity contribution in [1.82, 2.24) is 0 Å². The molecule has 6 nitrogen and oxygen atoms in total. The molecule has 0 radical (unpaired) electrons. The summed E-state index contributed by atoms with van der Waals surface area (Å²) in [6.07, 6.45) is 0. The van der Waals surface area contributed by atoms with E-state index in [4.69, 9.17) is 14.9 Å². The van der Waals surface area contributed by atoms with Crippen molar-refractivity contribution in [3.63, 3.8) is 0 Å². The first-order chi connectivity index (χ1) is 8.81. The molecule has 0 aromatic heterocycles. The van der Waals surface area contributed by atoms with Gasteiger partial charge in [-0.15, -0.1) is 4.91 Å². The van der Waals surface area contributed by atoms with E-state index >= 15 is 0 Å². The Morgan fingerprint density at radius 3 is 2.33 bits per heavy atom. The maximum Gasteiger partial charge on any atom is 0.108 e. The van der Waals surface area contributed by atoms with E-state index in [1.165, 1.54) is 0 Å². The van der Waals surface area contributed by atoms with Crippen molar-refractivity contribution in [3.05, 3.63) is 29.2 Å². The van der Waals surface area contributed by atoms with Crippen molar-refractivity contribution in [3.8, 4) is 0 Å². The molecule has 2 N–H and O–H groups in total. The van der Waals surface area contributed by atoms with Gasteiger partial charge in [0.2, 0.25) is 0 Å². The van der Waals surface area contributed by atoms with Gasteiger partial charge in [0.25, 0.3) is 0 Å². The fourth-order valence-electron chi connectivity index (χ4n) is 1.56. The monoisotopic (exact) mass is 254 g/mol. The normalized spacial score (nSPS) is 10.3. The Morgan fingerprint density at radius 1 is 1.06 bits per heavy atom. The highest BCUT2D eigenvalue weighted by Gasteiger charge is 2.05. The molecule has 0 saturated heterocycles. The maximum absolute atomic E-state index is 10.3. The second-order valence-electron chi connectivity index (χ2n) is 3.65. The van der Waals surface area contributed by atoms with Gasteiger partial charge in [-0.2, -0.15) is 0 Å². The highest BCUT2D eigenvalue weighted by molar-refractivity contribution is 5.52. The van der Waals surface area contributed by atoms with Gasteiger partial charge in [-0.3, -0.25) is 0 Å². The van der Waals surface area contributed by atoms with Crippen LogP contribution in [0.3, 0.4) is 0 Å². The van der Waals surface area contributed by atoms with Gasteiger partial charge in [-0.1, -0.05) is 0 Å². The first kappa shape index (κ1) is 14.6. The number of aliphatic hydroxyl groups excluding tert-OH is 2. The average Bonchev–Trinajstić information content (AvgIpc) is 2.42. The van der Waals surface area contributed by atoms with Crippen LogP contribution in [0.5, 0.6) is 0 Å². The van der Waals surface area contributed by atoms with Crippen molar-refractivity contribution >= 4 is 11.4 Å². The van der Waals surface area contributed by atoms with E-state index < -0.39 is 0 Å². The average molecular weight is 254 g/mol. The molecule has 1 rings (SSSR count).